The molecule has 1 aliphatic heterocycles. The summed E-state index contributed by atoms with van der Waals surface area (Å²) < 4.78 is 0. The molecule has 5 heteroatoms. The number of aromatic nitrogens is 2. The number of aryl methyl sites for hydroxylation is 2. The monoisotopic (exact) mass is 475 g/mol. The van der Waals surface area contributed by atoms with Crippen molar-refractivity contribution < 1.29 is 9.90 Å². The highest BCUT2D eigenvalue weighted by Gasteiger charge is 2.35. The van der Waals surface area contributed by atoms with E-state index in [1.807, 2.05) is 25.3 Å². The van der Waals surface area contributed by atoms with Crippen LogP contribution in [0.2, 0.25) is 0 Å². The van der Waals surface area contributed by atoms with Crippen molar-refractivity contribution in [1.82, 2.24) is 14.9 Å². The van der Waals surface area contributed by atoms with E-state index in [1.54, 1.807) is 0 Å². The molecular formula is C31H29N3O2. The van der Waals surface area contributed by atoms with Gasteiger partial charge in [-0.3, -0.25) is 9.69 Å². The van der Waals surface area contributed by atoms with Gasteiger partial charge in [0.1, 0.15) is 0 Å². The fraction of sp³-hybridized carbons (Fsp3) is 0.226. The molecule has 2 N–H and O–H groups in total. The number of hydrogen-bond donors (Lipinski definition) is 2. The number of para-hydroxylation sites is 1. The van der Waals surface area contributed by atoms with Gasteiger partial charge in [-0.05, 0) is 79.4 Å². The Morgan fingerprint density at radius 1 is 1.06 bits per heavy atom. The Morgan fingerprint density at radius 2 is 1.89 bits per heavy atom. The second-order valence-electron chi connectivity index (χ2n) is 10.0. The average Bonchev–Trinajstić information content (AvgIpc) is 3.30. The lowest BCUT2D eigenvalue weighted by atomic mass is 9.80. The Hall–Kier alpha value is -3.96. The molecule has 5 aromatic rings. The van der Waals surface area contributed by atoms with Crippen LogP contribution in [0, 0.1) is 19.8 Å². The van der Waals surface area contributed by atoms with E-state index in [0.717, 1.165) is 23.0 Å². The molecule has 3 aromatic carbocycles. The van der Waals surface area contributed by atoms with Gasteiger partial charge in [-0.25, -0.2) is 4.98 Å². The van der Waals surface area contributed by atoms with Crippen molar-refractivity contribution in [2.24, 2.45) is 5.92 Å². The largest absolute Gasteiger partial charge is 0.481 e. The van der Waals surface area contributed by atoms with Crippen molar-refractivity contribution in [2.75, 3.05) is 13.6 Å². The van der Waals surface area contributed by atoms with Gasteiger partial charge in [0.05, 0.1) is 17.0 Å². The molecule has 0 unspecified atom stereocenters. The van der Waals surface area contributed by atoms with Gasteiger partial charge in [0.15, 0.2) is 0 Å². The fourth-order valence-corrected chi connectivity index (χ4v) is 5.70. The minimum atomic E-state index is -0.741. The molecule has 0 bridgehead atoms. The van der Waals surface area contributed by atoms with Crippen molar-refractivity contribution >= 4 is 44.3 Å². The predicted molar refractivity (Wildman–Crippen MR) is 146 cm³/mol. The summed E-state index contributed by atoms with van der Waals surface area (Å²) in [6, 6.07) is 21.2. The van der Waals surface area contributed by atoms with Crippen LogP contribution in [0.4, 0.5) is 0 Å². The first kappa shape index (κ1) is 22.5. The molecule has 1 aliphatic carbocycles. The number of nitrogens with zero attached hydrogens (tertiary/aromatic N) is 2. The van der Waals surface area contributed by atoms with Crippen LogP contribution in [-0.4, -0.2) is 45.6 Å². The molecular weight excluding hydrogens is 446 g/mol. The van der Waals surface area contributed by atoms with Gasteiger partial charge in [-0.1, -0.05) is 42.5 Å². The van der Waals surface area contributed by atoms with Gasteiger partial charge in [-0.15, -0.1) is 0 Å². The van der Waals surface area contributed by atoms with Crippen molar-refractivity contribution in [3.8, 4) is 0 Å². The molecule has 0 saturated heterocycles. The van der Waals surface area contributed by atoms with Gasteiger partial charge in [0, 0.05) is 40.5 Å². The standard InChI is InChI=1S/C16H16N2O2.C15H13N/c1-18-8-10(16(19)20)5-12-11-3-2-4-13-15(11)9(7-17-13)6-14(12)18;1-10-7-8-15-13(11(10)2)9-12-5-3-4-6-14(12)16-15/h2-5,7,10,14,17H,6,8H2,1H3,(H,19,20);3-9H,1-2H3/t10-,14-;/m1./s1. The third-order valence-electron chi connectivity index (χ3n) is 7.83. The van der Waals surface area contributed by atoms with Crippen molar-refractivity contribution in [3.63, 3.8) is 0 Å². The van der Waals surface area contributed by atoms with E-state index in [9.17, 15) is 9.90 Å². The lowest BCUT2D eigenvalue weighted by Crippen LogP contribution is -2.44. The summed E-state index contributed by atoms with van der Waals surface area (Å²) >= 11 is 0. The quantitative estimate of drug-likeness (QED) is 0.286. The van der Waals surface area contributed by atoms with Crippen molar-refractivity contribution in [2.45, 2.75) is 26.3 Å². The van der Waals surface area contributed by atoms with Crippen LogP contribution in [-0.2, 0) is 11.2 Å². The van der Waals surface area contributed by atoms with Crippen LogP contribution in [0.25, 0.3) is 38.3 Å². The van der Waals surface area contributed by atoms with Gasteiger partial charge in [0.25, 0.3) is 0 Å². The Kier molecular flexibility index (Phi) is 5.38. The Bertz CT molecular complexity index is 1680. The summed E-state index contributed by atoms with van der Waals surface area (Å²) in [5, 5.41) is 13.1. The molecule has 5 nitrogen and oxygen atoms in total. The molecule has 180 valence electrons. The minimum absolute atomic E-state index is 0.291. The molecule has 2 aliphatic rings. The number of rotatable bonds is 1. The van der Waals surface area contributed by atoms with E-state index >= 15 is 0 Å². The molecule has 0 spiro atoms. The Morgan fingerprint density at radius 3 is 2.72 bits per heavy atom. The van der Waals surface area contributed by atoms with E-state index in [4.69, 9.17) is 0 Å². The Balaban J connectivity index is 0.000000137. The van der Waals surface area contributed by atoms with Crippen LogP contribution in [0.1, 0.15) is 22.3 Å². The number of likely N-dealkylation sites (N-methyl/N-ethyl adjacent to an activating group) is 1. The maximum atomic E-state index is 11.3. The zero-order chi connectivity index (χ0) is 25.0. The zero-order valence-electron chi connectivity index (χ0n) is 20.7. The second kappa shape index (κ2) is 8.61. The number of carboxylic acid groups (broad SMARTS) is 1. The maximum Gasteiger partial charge on any atom is 0.311 e. The summed E-state index contributed by atoms with van der Waals surface area (Å²) in [7, 11) is 2.02. The number of nitrogens with one attached hydrogen (secondary N) is 1. The van der Waals surface area contributed by atoms with Crippen LogP contribution in [0.15, 0.2) is 72.9 Å². The van der Waals surface area contributed by atoms with Gasteiger partial charge in [0.2, 0.25) is 0 Å². The molecule has 36 heavy (non-hydrogen) atoms. The van der Waals surface area contributed by atoms with Crippen LogP contribution < -0.4 is 0 Å². The summed E-state index contributed by atoms with van der Waals surface area (Å²) in [4.78, 5) is 21.5. The van der Waals surface area contributed by atoms with E-state index in [2.05, 4.69) is 83.4 Å². The number of fused-ring (bicyclic) bond motifs is 4. The third-order valence-corrected chi connectivity index (χ3v) is 7.83. The van der Waals surface area contributed by atoms with Gasteiger partial charge < -0.3 is 10.1 Å². The topological polar surface area (TPSA) is 69.2 Å². The van der Waals surface area contributed by atoms with E-state index in [0.29, 0.717) is 12.6 Å². The smallest absolute Gasteiger partial charge is 0.311 e. The lowest BCUT2D eigenvalue weighted by Gasteiger charge is -2.38. The van der Waals surface area contributed by atoms with Crippen molar-refractivity contribution in [1.29, 1.82) is 0 Å². The second-order valence-corrected chi connectivity index (χ2v) is 10.0. The number of H-pyrrole nitrogens is 1. The summed E-state index contributed by atoms with van der Waals surface area (Å²) in [6.45, 7) is 4.89. The van der Waals surface area contributed by atoms with Gasteiger partial charge in [-0.2, -0.15) is 0 Å². The highest BCUT2D eigenvalue weighted by atomic mass is 16.4. The number of aliphatic carboxylic acids is 1. The molecule has 0 fully saturated rings. The molecule has 0 amide bonds. The number of pyridine rings is 1. The number of carbonyl (C=O) groups is 1. The van der Waals surface area contributed by atoms with Crippen LogP contribution in [0.3, 0.4) is 0 Å². The minimum Gasteiger partial charge on any atom is -0.481 e. The van der Waals surface area contributed by atoms with E-state index in [-0.39, 0.29) is 0 Å². The lowest BCUT2D eigenvalue weighted by molar-refractivity contribution is -0.140. The summed E-state index contributed by atoms with van der Waals surface area (Å²) in [5.41, 5.74) is 9.63. The fourth-order valence-electron chi connectivity index (χ4n) is 5.70. The number of hydrogen-bond acceptors (Lipinski definition) is 3. The SMILES string of the molecule is CN1C[C@H](C(=O)O)C=C2c3cccc4[nH]cc(c34)C[C@H]21.Cc1ccc2nc3ccccc3cc2c1C. The predicted octanol–water partition coefficient (Wildman–Crippen LogP) is 6.13. The highest BCUT2D eigenvalue weighted by Crippen LogP contribution is 2.40. The van der Waals surface area contributed by atoms with Crippen molar-refractivity contribution in [3.05, 3.63) is 95.2 Å². The molecule has 2 atom stereocenters. The molecule has 2 aromatic heterocycles. The van der Waals surface area contributed by atoms with E-state index in [1.165, 1.54) is 44.0 Å². The van der Waals surface area contributed by atoms with Gasteiger partial charge >= 0.3 is 5.97 Å². The first-order chi connectivity index (χ1) is 17.4. The normalized spacial score (nSPS) is 19.0. The maximum absolute atomic E-state index is 11.3. The first-order valence-corrected chi connectivity index (χ1v) is 12.4. The van der Waals surface area contributed by atoms with E-state index < -0.39 is 11.9 Å². The van der Waals surface area contributed by atoms with Crippen LogP contribution in [0.5, 0.6) is 0 Å². The summed E-state index contributed by atoms with van der Waals surface area (Å²) in [6.07, 6.45) is 4.99. The first-order valence-electron chi connectivity index (χ1n) is 12.4. The third kappa shape index (κ3) is 3.67. The molecule has 7 rings (SSSR count). The number of aromatic amines is 1. The average molecular weight is 476 g/mol. The molecule has 3 heterocycles. The number of carboxylic acids is 1. The number of benzene rings is 3. The highest BCUT2D eigenvalue weighted by molar-refractivity contribution is 5.99. The molecule has 0 radical (unpaired) electrons. The molecule has 0 saturated carbocycles. The summed E-state index contributed by atoms with van der Waals surface area (Å²) in [5.74, 6) is -1.16. The zero-order valence-corrected chi connectivity index (χ0v) is 20.7. The Labute approximate surface area is 210 Å². The van der Waals surface area contributed by atoms with Crippen LogP contribution >= 0.6 is 0 Å².